The van der Waals surface area contributed by atoms with Crippen molar-refractivity contribution < 1.29 is 32.0 Å². The number of carbonyl (C=O) groups is 2. The highest BCUT2D eigenvalue weighted by molar-refractivity contribution is 7.14. The molecule has 0 aliphatic carbocycles. The van der Waals surface area contributed by atoms with Crippen molar-refractivity contribution in [3.05, 3.63) is 71.0 Å². The molecule has 2 amide bonds. The number of nitrogens with zero attached hydrogens (tertiary/aromatic N) is 2. The molecule has 0 aliphatic heterocycles. The van der Waals surface area contributed by atoms with Gasteiger partial charge in [-0.1, -0.05) is 4.48 Å². The van der Waals surface area contributed by atoms with Gasteiger partial charge >= 0.3 is 0 Å². The van der Waals surface area contributed by atoms with Gasteiger partial charge < -0.3 is 4.74 Å². The number of anilines is 2. The second-order valence-corrected chi connectivity index (χ2v) is 7.97. The number of benzene rings is 2. The first kappa shape index (κ1) is 23.2. The zero-order valence-corrected chi connectivity index (χ0v) is 17.7. The molecule has 0 saturated carbocycles. The number of hydrogen-bond acceptors (Lipinski definition) is 5. The minimum absolute atomic E-state index is 0.112. The molecule has 1 aromatic heterocycles. The zero-order chi connectivity index (χ0) is 23.5. The Balaban J connectivity index is 1.61. The van der Waals surface area contributed by atoms with Crippen LogP contribution in [0.1, 0.15) is 19.5 Å². The minimum atomic E-state index is -1.54. The van der Waals surface area contributed by atoms with Crippen LogP contribution < -0.4 is 15.2 Å². The molecule has 0 fully saturated rings. The fraction of sp³-hybridized carbons (Fsp3) is 0.190. The van der Waals surface area contributed by atoms with Gasteiger partial charge in [-0.3, -0.25) is 14.9 Å². The summed E-state index contributed by atoms with van der Waals surface area (Å²) < 4.78 is 59.3. The SMILES string of the molecule is CC(C)(Oc1ccc(F)cc1F)C(=O)Nc1nc(CC(=O)N(F)c2ccc(F)cc2)cs1. The summed E-state index contributed by atoms with van der Waals surface area (Å²) in [5.41, 5.74) is -1.48. The van der Waals surface area contributed by atoms with Crippen molar-refractivity contribution in [2.75, 3.05) is 10.4 Å². The van der Waals surface area contributed by atoms with E-state index in [9.17, 15) is 27.2 Å². The van der Waals surface area contributed by atoms with Gasteiger partial charge in [-0.2, -0.15) is 0 Å². The lowest BCUT2D eigenvalue weighted by Crippen LogP contribution is -2.42. The largest absolute Gasteiger partial charge is 0.475 e. The molecule has 168 valence electrons. The molecule has 0 atom stereocenters. The van der Waals surface area contributed by atoms with Gasteiger partial charge in [-0.15, -0.1) is 16.5 Å². The second kappa shape index (κ2) is 9.35. The van der Waals surface area contributed by atoms with E-state index in [4.69, 9.17) is 4.74 Å². The van der Waals surface area contributed by atoms with E-state index in [2.05, 4.69) is 10.3 Å². The van der Waals surface area contributed by atoms with Crippen LogP contribution in [0.25, 0.3) is 0 Å². The van der Waals surface area contributed by atoms with E-state index < -0.39 is 41.3 Å². The molecule has 0 unspecified atom stereocenters. The van der Waals surface area contributed by atoms with Crippen LogP contribution in [0, 0.1) is 17.5 Å². The number of nitrogens with one attached hydrogen (secondary N) is 1. The van der Waals surface area contributed by atoms with Crippen molar-refractivity contribution in [1.29, 1.82) is 0 Å². The molecular formula is C21H17F4N3O3S. The smallest absolute Gasteiger partial charge is 0.269 e. The van der Waals surface area contributed by atoms with Gasteiger partial charge in [-0.25, -0.2) is 18.2 Å². The number of aromatic nitrogens is 1. The van der Waals surface area contributed by atoms with Crippen LogP contribution in [-0.4, -0.2) is 22.4 Å². The Morgan fingerprint density at radius 1 is 1.09 bits per heavy atom. The van der Waals surface area contributed by atoms with Crippen LogP contribution >= 0.6 is 11.3 Å². The van der Waals surface area contributed by atoms with Gasteiger partial charge in [0.05, 0.1) is 17.8 Å². The average molecular weight is 467 g/mol. The van der Waals surface area contributed by atoms with Crippen molar-refractivity contribution in [1.82, 2.24) is 4.98 Å². The number of ether oxygens (including phenoxy) is 1. The van der Waals surface area contributed by atoms with E-state index >= 15 is 0 Å². The van der Waals surface area contributed by atoms with Gasteiger partial charge in [0.2, 0.25) is 0 Å². The number of rotatable bonds is 7. The Morgan fingerprint density at radius 3 is 2.41 bits per heavy atom. The Bertz CT molecular complexity index is 1140. The maximum atomic E-state index is 14.2. The lowest BCUT2D eigenvalue weighted by atomic mass is 10.1. The van der Waals surface area contributed by atoms with Gasteiger partial charge in [0.1, 0.15) is 11.6 Å². The fourth-order valence-corrected chi connectivity index (χ4v) is 3.22. The molecule has 0 saturated heterocycles. The molecule has 0 bridgehead atoms. The molecule has 6 nitrogen and oxygen atoms in total. The van der Waals surface area contributed by atoms with Crippen molar-refractivity contribution >= 4 is 34.0 Å². The molecule has 3 rings (SSSR count). The molecule has 2 aromatic carbocycles. The Morgan fingerprint density at radius 2 is 1.75 bits per heavy atom. The normalized spacial score (nSPS) is 11.2. The summed E-state index contributed by atoms with van der Waals surface area (Å²) in [7, 11) is 0. The monoisotopic (exact) mass is 467 g/mol. The fourth-order valence-electron chi connectivity index (χ4n) is 2.51. The summed E-state index contributed by atoms with van der Waals surface area (Å²) in [6.07, 6.45) is -0.402. The molecular weight excluding hydrogens is 450 g/mol. The van der Waals surface area contributed by atoms with Crippen LogP contribution in [-0.2, 0) is 16.0 Å². The first-order valence-corrected chi connectivity index (χ1v) is 10.1. The third-order valence-corrected chi connectivity index (χ3v) is 4.99. The predicted octanol–water partition coefficient (Wildman–Crippen LogP) is 4.82. The Hall–Kier alpha value is -3.47. The van der Waals surface area contributed by atoms with Crippen LogP contribution in [0.15, 0.2) is 47.8 Å². The van der Waals surface area contributed by atoms with Crippen molar-refractivity contribution in [2.24, 2.45) is 0 Å². The molecule has 3 aromatic rings. The molecule has 11 heteroatoms. The predicted molar refractivity (Wildman–Crippen MR) is 111 cm³/mol. The van der Waals surface area contributed by atoms with E-state index in [0.717, 1.165) is 47.7 Å². The van der Waals surface area contributed by atoms with Crippen LogP contribution in [0.5, 0.6) is 5.75 Å². The quantitative estimate of drug-likeness (QED) is 0.400. The molecule has 0 radical (unpaired) electrons. The van der Waals surface area contributed by atoms with Crippen LogP contribution in [0.3, 0.4) is 0 Å². The third-order valence-electron chi connectivity index (χ3n) is 4.18. The van der Waals surface area contributed by atoms with Gasteiger partial charge in [0, 0.05) is 11.4 Å². The number of thiazole rings is 1. The maximum absolute atomic E-state index is 14.2. The highest BCUT2D eigenvalue weighted by Gasteiger charge is 2.32. The highest BCUT2D eigenvalue weighted by Crippen LogP contribution is 2.25. The van der Waals surface area contributed by atoms with Crippen molar-refractivity contribution in [3.63, 3.8) is 0 Å². The number of hydrogen-bond donors (Lipinski definition) is 1. The van der Waals surface area contributed by atoms with Crippen LogP contribution in [0.4, 0.5) is 28.5 Å². The van der Waals surface area contributed by atoms with Crippen molar-refractivity contribution in [2.45, 2.75) is 25.9 Å². The summed E-state index contributed by atoms with van der Waals surface area (Å²) in [4.78, 5) is 28.7. The van der Waals surface area contributed by atoms with E-state index in [1.165, 1.54) is 19.2 Å². The Kier molecular flexibility index (Phi) is 6.78. The third kappa shape index (κ3) is 5.61. The standard InChI is InChI=1S/C21H17F4N3O3S/c1-21(2,31-17-8-5-13(23)9-16(17)24)19(30)27-20-26-14(11-32-20)10-18(29)28(25)15-6-3-12(22)4-7-15/h3-9,11H,10H2,1-2H3,(H,26,27,30). The summed E-state index contributed by atoms with van der Waals surface area (Å²) in [5, 5.41) is 3.93. The van der Waals surface area contributed by atoms with Crippen molar-refractivity contribution in [3.8, 4) is 5.75 Å². The van der Waals surface area contributed by atoms with E-state index in [1.54, 1.807) is 0 Å². The van der Waals surface area contributed by atoms with Gasteiger partial charge in [-0.05, 0) is 50.2 Å². The maximum Gasteiger partial charge on any atom is 0.269 e. The summed E-state index contributed by atoms with van der Waals surface area (Å²) >= 11 is 0.992. The van der Waals surface area contributed by atoms with Gasteiger partial charge in [0.15, 0.2) is 22.3 Å². The molecule has 1 heterocycles. The van der Waals surface area contributed by atoms with E-state index in [0.29, 0.717) is 6.07 Å². The molecule has 32 heavy (non-hydrogen) atoms. The summed E-state index contributed by atoms with van der Waals surface area (Å²) in [6.45, 7) is 2.76. The number of halogens is 4. The topological polar surface area (TPSA) is 71.5 Å². The molecule has 1 N–H and O–H groups in total. The summed E-state index contributed by atoms with van der Waals surface area (Å²) in [5.74, 6) is -4.22. The lowest BCUT2D eigenvalue weighted by Gasteiger charge is -2.24. The van der Waals surface area contributed by atoms with Crippen LogP contribution in [0.2, 0.25) is 0 Å². The number of amides is 2. The first-order valence-electron chi connectivity index (χ1n) is 9.19. The van der Waals surface area contributed by atoms with E-state index in [-0.39, 0.29) is 27.4 Å². The molecule has 0 aliphatic rings. The number of carbonyl (C=O) groups excluding carboxylic acids is 2. The van der Waals surface area contributed by atoms with Gasteiger partial charge in [0.25, 0.3) is 11.8 Å². The summed E-state index contributed by atoms with van der Waals surface area (Å²) in [6, 6.07) is 6.97. The first-order chi connectivity index (χ1) is 15.0. The average Bonchev–Trinajstić information content (AvgIpc) is 3.16. The highest BCUT2D eigenvalue weighted by atomic mass is 32.1. The molecule has 0 spiro atoms. The minimum Gasteiger partial charge on any atom is -0.475 e. The Labute approximate surface area is 184 Å². The lowest BCUT2D eigenvalue weighted by molar-refractivity contribution is -0.128. The second-order valence-electron chi connectivity index (χ2n) is 7.11. The van der Waals surface area contributed by atoms with E-state index in [1.807, 2.05) is 0 Å². The zero-order valence-electron chi connectivity index (χ0n) is 16.9.